The van der Waals surface area contributed by atoms with Crippen molar-refractivity contribution in [3.8, 4) is 0 Å². The number of likely N-dealkylation sites (tertiary alicyclic amines) is 1. The van der Waals surface area contributed by atoms with Crippen molar-refractivity contribution < 1.29 is 0 Å². The lowest BCUT2D eigenvalue weighted by molar-refractivity contribution is 0.315. The highest BCUT2D eigenvalue weighted by atomic mass is 15.1. The smallest absolute Gasteiger partial charge is 0.0542 e. The number of rotatable bonds is 4. The first-order valence-corrected chi connectivity index (χ1v) is 6.18. The van der Waals surface area contributed by atoms with E-state index in [2.05, 4.69) is 28.9 Å². The first-order chi connectivity index (χ1) is 7.81. The third-order valence-electron chi connectivity index (χ3n) is 3.44. The van der Waals surface area contributed by atoms with Gasteiger partial charge < -0.3 is 5.73 Å². The Morgan fingerprint density at radius 3 is 3.12 bits per heavy atom. The van der Waals surface area contributed by atoms with E-state index >= 15 is 0 Å². The molecule has 1 atom stereocenters. The molecular formula is C13H21N3. The van der Waals surface area contributed by atoms with Gasteiger partial charge in [0.1, 0.15) is 0 Å². The Kier molecular flexibility index (Phi) is 3.91. The summed E-state index contributed by atoms with van der Waals surface area (Å²) in [5, 5.41) is 0. The van der Waals surface area contributed by atoms with E-state index in [9.17, 15) is 0 Å². The van der Waals surface area contributed by atoms with Crippen molar-refractivity contribution in [3.63, 3.8) is 0 Å². The molecule has 88 valence electrons. The second kappa shape index (κ2) is 5.41. The molecule has 2 N–H and O–H groups in total. The van der Waals surface area contributed by atoms with Crippen LogP contribution in [-0.2, 0) is 13.1 Å². The SMILES string of the molecule is CCC1CCN(Cc2ccnc(CN)c2)C1. The molecule has 0 saturated carbocycles. The average Bonchev–Trinajstić information content (AvgIpc) is 2.77. The minimum atomic E-state index is 0.533. The summed E-state index contributed by atoms with van der Waals surface area (Å²) in [6, 6.07) is 4.22. The first-order valence-electron chi connectivity index (χ1n) is 6.18. The number of hydrogen-bond donors (Lipinski definition) is 1. The van der Waals surface area contributed by atoms with Crippen LogP contribution < -0.4 is 5.73 Å². The lowest BCUT2D eigenvalue weighted by Gasteiger charge is -2.15. The largest absolute Gasteiger partial charge is 0.325 e. The van der Waals surface area contributed by atoms with Gasteiger partial charge in [-0.05, 0) is 36.6 Å². The van der Waals surface area contributed by atoms with Gasteiger partial charge in [-0.1, -0.05) is 13.3 Å². The highest BCUT2D eigenvalue weighted by Crippen LogP contribution is 2.20. The van der Waals surface area contributed by atoms with Crippen LogP contribution in [0.5, 0.6) is 0 Å². The molecule has 0 spiro atoms. The Hall–Kier alpha value is -0.930. The minimum absolute atomic E-state index is 0.533. The zero-order chi connectivity index (χ0) is 11.4. The number of aromatic nitrogens is 1. The van der Waals surface area contributed by atoms with Gasteiger partial charge in [0.2, 0.25) is 0 Å². The summed E-state index contributed by atoms with van der Waals surface area (Å²) in [5.74, 6) is 0.899. The van der Waals surface area contributed by atoms with Crippen LogP contribution in [0.2, 0.25) is 0 Å². The average molecular weight is 219 g/mol. The van der Waals surface area contributed by atoms with E-state index in [-0.39, 0.29) is 0 Å². The molecule has 0 bridgehead atoms. The van der Waals surface area contributed by atoms with Crippen molar-refractivity contribution in [2.24, 2.45) is 11.7 Å². The van der Waals surface area contributed by atoms with Crippen molar-refractivity contribution in [1.29, 1.82) is 0 Å². The van der Waals surface area contributed by atoms with Crippen LogP contribution in [-0.4, -0.2) is 23.0 Å². The Morgan fingerprint density at radius 1 is 1.56 bits per heavy atom. The van der Waals surface area contributed by atoms with Gasteiger partial charge in [-0.15, -0.1) is 0 Å². The van der Waals surface area contributed by atoms with Crippen LogP contribution >= 0.6 is 0 Å². The molecule has 1 aliphatic heterocycles. The van der Waals surface area contributed by atoms with Gasteiger partial charge in [-0.2, -0.15) is 0 Å². The van der Waals surface area contributed by atoms with Gasteiger partial charge in [0.25, 0.3) is 0 Å². The normalized spacial score (nSPS) is 21.5. The standard InChI is InChI=1S/C13H21N3/c1-2-11-4-6-16(9-11)10-12-3-5-15-13(7-12)8-14/h3,5,7,11H,2,4,6,8-10,14H2,1H3. The van der Waals surface area contributed by atoms with E-state index in [1.165, 1.54) is 31.5 Å². The fourth-order valence-corrected chi connectivity index (χ4v) is 2.39. The Bertz CT molecular complexity index is 338. The highest BCUT2D eigenvalue weighted by Gasteiger charge is 2.20. The van der Waals surface area contributed by atoms with Gasteiger partial charge in [-0.25, -0.2) is 0 Å². The van der Waals surface area contributed by atoms with E-state index in [4.69, 9.17) is 5.73 Å². The minimum Gasteiger partial charge on any atom is -0.325 e. The van der Waals surface area contributed by atoms with Crippen molar-refractivity contribution in [3.05, 3.63) is 29.6 Å². The summed E-state index contributed by atoms with van der Waals surface area (Å²) in [6.45, 7) is 6.35. The number of nitrogens with zero attached hydrogens (tertiary/aromatic N) is 2. The fraction of sp³-hybridized carbons (Fsp3) is 0.615. The summed E-state index contributed by atoms with van der Waals surface area (Å²) in [5.41, 5.74) is 7.92. The van der Waals surface area contributed by atoms with Crippen molar-refractivity contribution >= 4 is 0 Å². The highest BCUT2D eigenvalue weighted by molar-refractivity contribution is 5.16. The zero-order valence-electron chi connectivity index (χ0n) is 10.0. The number of hydrogen-bond acceptors (Lipinski definition) is 3. The van der Waals surface area contributed by atoms with Crippen LogP contribution in [0.25, 0.3) is 0 Å². The second-order valence-corrected chi connectivity index (χ2v) is 4.66. The van der Waals surface area contributed by atoms with Gasteiger partial charge >= 0.3 is 0 Å². The summed E-state index contributed by atoms with van der Waals surface area (Å²) in [6.07, 6.45) is 4.52. The summed E-state index contributed by atoms with van der Waals surface area (Å²) >= 11 is 0. The molecule has 16 heavy (non-hydrogen) atoms. The molecule has 0 radical (unpaired) electrons. The maximum Gasteiger partial charge on any atom is 0.0542 e. The maximum atomic E-state index is 5.59. The van der Waals surface area contributed by atoms with Crippen molar-refractivity contribution in [1.82, 2.24) is 9.88 Å². The van der Waals surface area contributed by atoms with Gasteiger partial charge in [0.05, 0.1) is 5.69 Å². The van der Waals surface area contributed by atoms with Crippen molar-refractivity contribution in [2.45, 2.75) is 32.9 Å². The Morgan fingerprint density at radius 2 is 2.44 bits per heavy atom. The van der Waals surface area contributed by atoms with E-state index in [0.29, 0.717) is 6.54 Å². The van der Waals surface area contributed by atoms with Crippen LogP contribution in [0.1, 0.15) is 31.0 Å². The van der Waals surface area contributed by atoms with E-state index in [1.807, 2.05) is 6.20 Å². The maximum absolute atomic E-state index is 5.59. The Balaban J connectivity index is 1.94. The van der Waals surface area contributed by atoms with E-state index in [0.717, 1.165) is 18.2 Å². The van der Waals surface area contributed by atoms with Crippen LogP contribution in [0.15, 0.2) is 18.3 Å². The molecule has 1 aliphatic rings. The molecule has 2 rings (SSSR count). The summed E-state index contributed by atoms with van der Waals surface area (Å²) in [4.78, 5) is 6.75. The molecule has 3 nitrogen and oxygen atoms in total. The molecule has 0 aliphatic carbocycles. The molecule has 1 fully saturated rings. The topological polar surface area (TPSA) is 42.2 Å². The number of nitrogens with two attached hydrogens (primary N) is 1. The quantitative estimate of drug-likeness (QED) is 0.839. The molecule has 1 unspecified atom stereocenters. The van der Waals surface area contributed by atoms with Gasteiger partial charge in [0, 0.05) is 25.8 Å². The van der Waals surface area contributed by atoms with Gasteiger partial charge in [-0.3, -0.25) is 9.88 Å². The molecule has 2 heterocycles. The molecule has 1 aromatic rings. The molecule has 3 heteroatoms. The molecule has 1 aromatic heterocycles. The monoisotopic (exact) mass is 219 g/mol. The first kappa shape index (κ1) is 11.6. The zero-order valence-corrected chi connectivity index (χ0v) is 10.0. The van der Waals surface area contributed by atoms with Crippen molar-refractivity contribution in [2.75, 3.05) is 13.1 Å². The summed E-state index contributed by atoms with van der Waals surface area (Å²) in [7, 11) is 0. The lowest BCUT2D eigenvalue weighted by atomic mass is 10.1. The molecule has 0 aromatic carbocycles. The second-order valence-electron chi connectivity index (χ2n) is 4.66. The van der Waals surface area contributed by atoms with Crippen LogP contribution in [0.3, 0.4) is 0 Å². The molecular weight excluding hydrogens is 198 g/mol. The van der Waals surface area contributed by atoms with Crippen LogP contribution in [0, 0.1) is 5.92 Å². The third kappa shape index (κ3) is 2.80. The molecule has 1 saturated heterocycles. The fourth-order valence-electron chi connectivity index (χ4n) is 2.39. The predicted molar refractivity (Wildman–Crippen MR) is 65.8 cm³/mol. The van der Waals surface area contributed by atoms with E-state index in [1.54, 1.807) is 0 Å². The van der Waals surface area contributed by atoms with Gasteiger partial charge in [0.15, 0.2) is 0 Å². The lowest BCUT2D eigenvalue weighted by Crippen LogP contribution is -2.20. The van der Waals surface area contributed by atoms with E-state index < -0.39 is 0 Å². The summed E-state index contributed by atoms with van der Waals surface area (Å²) < 4.78 is 0. The Labute approximate surface area is 97.7 Å². The van der Waals surface area contributed by atoms with Crippen LogP contribution in [0.4, 0.5) is 0 Å². The third-order valence-corrected chi connectivity index (χ3v) is 3.44. The number of pyridine rings is 1. The predicted octanol–water partition coefficient (Wildman–Crippen LogP) is 1.77. The molecule has 0 amide bonds.